The van der Waals surface area contributed by atoms with Crippen LogP contribution in [-0.2, 0) is 6.42 Å². The highest BCUT2D eigenvalue weighted by Crippen LogP contribution is 2.40. The number of benzene rings is 7. The zero-order chi connectivity index (χ0) is 36.3. The molecule has 0 saturated heterocycles. The highest BCUT2D eigenvalue weighted by Gasteiger charge is 2.24. The Balaban J connectivity index is 1.04. The number of nitrogens with zero attached hydrogens (tertiary/aromatic N) is 3. The fourth-order valence-corrected chi connectivity index (χ4v) is 9.57. The third kappa shape index (κ3) is 5.47. The summed E-state index contributed by atoms with van der Waals surface area (Å²) < 4.78 is 2.49. The molecule has 0 bridgehead atoms. The smallest absolute Gasteiger partial charge is 0.169 e. The van der Waals surface area contributed by atoms with Crippen molar-refractivity contribution in [1.29, 1.82) is 0 Å². The number of aromatic nitrogens is 1. The van der Waals surface area contributed by atoms with Crippen LogP contribution < -0.4 is 5.32 Å². The molecule has 1 unspecified atom stereocenters. The summed E-state index contributed by atoms with van der Waals surface area (Å²) in [7, 11) is 0. The van der Waals surface area contributed by atoms with E-state index in [1.54, 1.807) is 0 Å². The molecule has 0 spiro atoms. The average molecular weight is 723 g/mol. The zero-order valence-corrected chi connectivity index (χ0v) is 30.7. The molecule has 4 nitrogen and oxygen atoms in total. The fourth-order valence-electron chi connectivity index (χ4n) is 8.35. The van der Waals surface area contributed by atoms with Crippen LogP contribution in [0.4, 0.5) is 0 Å². The molecule has 2 aliphatic rings. The number of allylic oxidation sites excluding steroid dienone is 1. The van der Waals surface area contributed by atoms with E-state index in [1.165, 1.54) is 58.6 Å². The summed E-state index contributed by atoms with van der Waals surface area (Å²) >= 11 is 1.82. The minimum absolute atomic E-state index is 0.433. The molecule has 0 fully saturated rings. The van der Waals surface area contributed by atoms with E-state index in [2.05, 4.69) is 169 Å². The second-order valence-electron chi connectivity index (χ2n) is 14.3. The number of rotatable bonds is 5. The van der Waals surface area contributed by atoms with Crippen molar-refractivity contribution < 1.29 is 0 Å². The normalized spacial score (nSPS) is 15.2. The Morgan fingerprint density at radius 1 is 0.582 bits per heavy atom. The van der Waals surface area contributed by atoms with Gasteiger partial charge >= 0.3 is 0 Å². The van der Waals surface area contributed by atoms with Crippen LogP contribution in [0.1, 0.15) is 40.4 Å². The van der Waals surface area contributed by atoms with Gasteiger partial charge in [-0.05, 0) is 92.9 Å². The highest BCUT2D eigenvalue weighted by molar-refractivity contribution is 7.26. The fraction of sp³-hybridized carbons (Fsp3) is 0.0600. The van der Waals surface area contributed by atoms with Crippen molar-refractivity contribution in [3.63, 3.8) is 0 Å². The second kappa shape index (κ2) is 13.0. The van der Waals surface area contributed by atoms with Gasteiger partial charge in [-0.25, -0.2) is 9.98 Å². The van der Waals surface area contributed by atoms with E-state index in [9.17, 15) is 0 Å². The van der Waals surface area contributed by atoms with Gasteiger partial charge in [0.15, 0.2) is 6.17 Å². The molecule has 3 heterocycles. The molecule has 0 amide bonds. The summed E-state index contributed by atoms with van der Waals surface area (Å²) in [6.07, 6.45) is 8.25. The number of aliphatic imine (C=N–C) groups is 2. The summed E-state index contributed by atoms with van der Waals surface area (Å²) in [6.45, 7) is 0. The molecule has 0 radical (unpaired) electrons. The third-order valence-electron chi connectivity index (χ3n) is 11.0. The molecule has 1 aliphatic heterocycles. The van der Waals surface area contributed by atoms with Gasteiger partial charge in [-0.1, -0.05) is 133 Å². The van der Waals surface area contributed by atoms with E-state index < -0.39 is 6.17 Å². The first-order chi connectivity index (χ1) is 27.2. The van der Waals surface area contributed by atoms with Crippen LogP contribution in [0.15, 0.2) is 174 Å². The summed E-state index contributed by atoms with van der Waals surface area (Å²) in [5.74, 6) is 1.63. The Labute approximate surface area is 322 Å². The highest BCUT2D eigenvalue weighted by atomic mass is 32.1. The Morgan fingerprint density at radius 2 is 1.36 bits per heavy atom. The van der Waals surface area contributed by atoms with E-state index in [0.717, 1.165) is 57.8 Å². The first-order valence-electron chi connectivity index (χ1n) is 18.8. The Kier molecular flexibility index (Phi) is 7.52. The Bertz CT molecular complexity index is 3060. The van der Waals surface area contributed by atoms with E-state index in [4.69, 9.17) is 15.0 Å². The summed E-state index contributed by atoms with van der Waals surface area (Å²) in [5.41, 5.74) is 11.5. The number of pyridine rings is 1. The quantitative estimate of drug-likeness (QED) is 0.180. The maximum atomic E-state index is 5.35. The van der Waals surface area contributed by atoms with E-state index in [1.807, 2.05) is 17.5 Å². The number of thiophene rings is 1. The van der Waals surface area contributed by atoms with Crippen LogP contribution in [0.3, 0.4) is 0 Å². The van der Waals surface area contributed by atoms with Gasteiger partial charge < -0.3 is 5.32 Å². The topological polar surface area (TPSA) is 49.6 Å². The molecule has 9 aromatic rings. The minimum Gasteiger partial charge on any atom is -0.324 e. The molecule has 55 heavy (non-hydrogen) atoms. The van der Waals surface area contributed by atoms with Crippen molar-refractivity contribution >= 4 is 70.9 Å². The van der Waals surface area contributed by atoms with Gasteiger partial charge in [-0.2, -0.15) is 0 Å². The number of aryl methyl sites for hydroxylation is 1. The summed E-state index contributed by atoms with van der Waals surface area (Å²) in [6, 6.07) is 54.2. The summed E-state index contributed by atoms with van der Waals surface area (Å²) in [5, 5.41) is 9.94. The maximum Gasteiger partial charge on any atom is 0.169 e. The predicted molar refractivity (Wildman–Crippen MR) is 232 cm³/mol. The lowest BCUT2D eigenvalue weighted by atomic mass is 9.88. The lowest BCUT2D eigenvalue weighted by molar-refractivity contribution is 0.756. The van der Waals surface area contributed by atoms with Crippen molar-refractivity contribution in [1.82, 2.24) is 10.3 Å². The van der Waals surface area contributed by atoms with Crippen molar-refractivity contribution in [3.8, 4) is 22.3 Å². The van der Waals surface area contributed by atoms with E-state index >= 15 is 0 Å². The van der Waals surface area contributed by atoms with Crippen molar-refractivity contribution in [2.45, 2.75) is 19.0 Å². The molecule has 0 saturated carbocycles. The number of fused-ring (bicyclic) bond motifs is 8. The van der Waals surface area contributed by atoms with Gasteiger partial charge in [0.25, 0.3) is 0 Å². The van der Waals surface area contributed by atoms with Crippen molar-refractivity contribution in [3.05, 3.63) is 192 Å². The van der Waals surface area contributed by atoms with Gasteiger partial charge in [-0.3, -0.25) is 4.98 Å². The monoisotopic (exact) mass is 722 g/mol. The van der Waals surface area contributed by atoms with Crippen LogP contribution in [-0.4, -0.2) is 16.7 Å². The molecule has 11 rings (SSSR count). The van der Waals surface area contributed by atoms with Crippen LogP contribution in [0, 0.1) is 0 Å². The largest absolute Gasteiger partial charge is 0.324 e. The molecule has 1 aliphatic carbocycles. The molecule has 1 atom stereocenters. The van der Waals surface area contributed by atoms with Gasteiger partial charge in [0.05, 0.1) is 5.52 Å². The lowest BCUT2D eigenvalue weighted by Crippen LogP contribution is -2.36. The average Bonchev–Trinajstić information content (AvgIpc) is 3.65. The molecule has 5 heteroatoms. The number of hydrogen-bond donors (Lipinski definition) is 1. The van der Waals surface area contributed by atoms with Crippen LogP contribution in [0.2, 0.25) is 0 Å². The molecule has 1 N–H and O–H groups in total. The van der Waals surface area contributed by atoms with Crippen molar-refractivity contribution in [2.75, 3.05) is 0 Å². The van der Waals surface area contributed by atoms with Crippen LogP contribution in [0.25, 0.3) is 70.2 Å². The standard InChI is InChI=1S/C50H34N4S/c1-2-10-31(11-3-1)36-13-8-14-37(30-36)49-52-48(53-50(54-49)42-18-9-17-41-40-16-6-7-19-44(40)55-47(41)42)35-24-21-33(22-25-35)39-28-29-51-43-27-26-34-23-20-32-12-4-5-15-38(32)45(34)46(39)43/h1-3,5-11,13-30,48H,4,12H2,(H,52,53,54). The van der Waals surface area contributed by atoms with Crippen LogP contribution in [0.5, 0.6) is 0 Å². The Morgan fingerprint density at radius 3 is 2.29 bits per heavy atom. The minimum atomic E-state index is -0.433. The Hall–Kier alpha value is -6.69. The van der Waals surface area contributed by atoms with E-state index in [0.29, 0.717) is 0 Å². The number of nitrogens with one attached hydrogen (secondary N) is 1. The predicted octanol–water partition coefficient (Wildman–Crippen LogP) is 12.5. The van der Waals surface area contributed by atoms with Gasteiger partial charge in [0, 0.05) is 42.9 Å². The van der Waals surface area contributed by atoms with Gasteiger partial charge in [-0.15, -0.1) is 11.3 Å². The second-order valence-corrected chi connectivity index (χ2v) is 15.4. The molecular formula is C50H34N4S. The first kappa shape index (κ1) is 31.8. The third-order valence-corrected chi connectivity index (χ3v) is 12.3. The lowest BCUT2D eigenvalue weighted by Gasteiger charge is -2.23. The summed E-state index contributed by atoms with van der Waals surface area (Å²) in [4.78, 5) is 15.5. The molecule has 7 aromatic carbocycles. The number of hydrogen-bond acceptors (Lipinski definition) is 5. The molecule has 260 valence electrons. The number of amidine groups is 2. The first-order valence-corrected chi connectivity index (χ1v) is 19.7. The van der Waals surface area contributed by atoms with Crippen molar-refractivity contribution in [2.24, 2.45) is 9.98 Å². The van der Waals surface area contributed by atoms with Gasteiger partial charge in [0.2, 0.25) is 0 Å². The van der Waals surface area contributed by atoms with Gasteiger partial charge in [0.1, 0.15) is 11.7 Å². The maximum absolute atomic E-state index is 5.35. The van der Waals surface area contributed by atoms with Crippen LogP contribution >= 0.6 is 11.3 Å². The molecular weight excluding hydrogens is 689 g/mol. The SMILES string of the molecule is C1=Cc2c(ccc3ccc4nccc(-c5ccc(C6N=C(c7cccc(-c8ccccc8)c7)NC(c7cccc8c7sc7ccccc78)=N6)cc5)c4c23)CC1. The zero-order valence-electron chi connectivity index (χ0n) is 29.9. The molecule has 2 aromatic heterocycles. The van der Waals surface area contributed by atoms with E-state index in [-0.39, 0.29) is 0 Å².